The van der Waals surface area contributed by atoms with Gasteiger partial charge in [-0.2, -0.15) is 5.10 Å². The molecule has 7 nitrogen and oxygen atoms in total. The number of benzene rings is 2. The van der Waals surface area contributed by atoms with E-state index in [2.05, 4.69) is 15.7 Å². The Kier molecular flexibility index (Phi) is 4.35. The normalized spacial score (nSPS) is 15.4. The Morgan fingerprint density at radius 2 is 1.93 bits per heavy atom. The molecule has 0 aliphatic carbocycles. The number of anilines is 2. The summed E-state index contributed by atoms with van der Waals surface area (Å²) in [5, 5.41) is 10.2. The minimum Gasteiger partial charge on any atom is -0.479 e. The predicted octanol–water partition coefficient (Wildman–Crippen LogP) is 3.46. The van der Waals surface area contributed by atoms with Crippen LogP contribution < -0.4 is 15.4 Å². The first kappa shape index (κ1) is 17.8. The van der Waals surface area contributed by atoms with Gasteiger partial charge in [0.2, 0.25) is 0 Å². The Balaban J connectivity index is 1.61. The summed E-state index contributed by atoms with van der Waals surface area (Å²) in [6.45, 7) is 5.36. The van der Waals surface area contributed by atoms with Gasteiger partial charge in [0.1, 0.15) is 5.75 Å². The molecule has 0 saturated carbocycles. The number of carbonyl (C=O) groups excluding carboxylic acids is 2. The molecule has 142 valence electrons. The van der Waals surface area contributed by atoms with Crippen LogP contribution in [0.3, 0.4) is 0 Å². The lowest BCUT2D eigenvalue weighted by atomic mass is 10.1. The highest BCUT2D eigenvalue weighted by Crippen LogP contribution is 2.32. The second-order valence-electron chi connectivity index (χ2n) is 6.71. The zero-order valence-electron chi connectivity index (χ0n) is 15.8. The van der Waals surface area contributed by atoms with Gasteiger partial charge in [0.15, 0.2) is 6.10 Å². The summed E-state index contributed by atoms with van der Waals surface area (Å²) < 4.78 is 7.30. The summed E-state index contributed by atoms with van der Waals surface area (Å²) in [6.07, 6.45) is -0.540. The predicted molar refractivity (Wildman–Crippen MR) is 106 cm³/mol. The molecule has 0 unspecified atom stereocenters. The SMILES string of the molecule is Cc1nn(-c2ccccc2)c(C)c1C(=O)Nc1ccc2c(c1)NC(=O)[C@H](C)O2. The molecule has 1 aliphatic rings. The van der Waals surface area contributed by atoms with Gasteiger partial charge in [0.05, 0.1) is 28.3 Å². The number of rotatable bonds is 3. The van der Waals surface area contributed by atoms with E-state index >= 15 is 0 Å². The van der Waals surface area contributed by atoms with Crippen molar-refractivity contribution in [3.05, 3.63) is 65.5 Å². The van der Waals surface area contributed by atoms with Crippen molar-refractivity contribution in [3.8, 4) is 11.4 Å². The number of amides is 2. The van der Waals surface area contributed by atoms with E-state index in [0.29, 0.717) is 28.4 Å². The third kappa shape index (κ3) is 3.11. The van der Waals surface area contributed by atoms with E-state index in [-0.39, 0.29) is 11.8 Å². The fraction of sp³-hybridized carbons (Fsp3) is 0.190. The van der Waals surface area contributed by atoms with Crippen molar-refractivity contribution < 1.29 is 14.3 Å². The average Bonchev–Trinajstić information content (AvgIpc) is 2.98. The summed E-state index contributed by atoms with van der Waals surface area (Å²) in [7, 11) is 0. The minimum atomic E-state index is -0.540. The van der Waals surface area contributed by atoms with E-state index in [0.717, 1.165) is 11.4 Å². The van der Waals surface area contributed by atoms with E-state index in [1.165, 1.54) is 0 Å². The second-order valence-corrected chi connectivity index (χ2v) is 6.71. The Morgan fingerprint density at radius 1 is 1.18 bits per heavy atom. The summed E-state index contributed by atoms with van der Waals surface area (Å²) in [4.78, 5) is 24.7. The third-order valence-corrected chi connectivity index (χ3v) is 4.69. The lowest BCUT2D eigenvalue weighted by molar-refractivity contribution is -0.122. The molecule has 0 spiro atoms. The second kappa shape index (κ2) is 6.84. The number of aromatic nitrogens is 2. The van der Waals surface area contributed by atoms with Crippen LogP contribution in [0.1, 0.15) is 28.7 Å². The van der Waals surface area contributed by atoms with Gasteiger partial charge in [-0.3, -0.25) is 9.59 Å². The molecule has 2 aromatic carbocycles. The molecule has 0 radical (unpaired) electrons. The number of carbonyl (C=O) groups is 2. The Bertz CT molecular complexity index is 1070. The van der Waals surface area contributed by atoms with E-state index in [1.54, 1.807) is 29.8 Å². The summed E-state index contributed by atoms with van der Waals surface area (Å²) in [5.41, 5.74) is 3.91. The molecule has 2 N–H and O–H groups in total. The van der Waals surface area contributed by atoms with Gasteiger partial charge in [-0.25, -0.2) is 4.68 Å². The Hall–Kier alpha value is -3.61. The number of ether oxygens (including phenoxy) is 1. The number of hydrogen-bond acceptors (Lipinski definition) is 4. The van der Waals surface area contributed by atoms with Crippen LogP contribution in [0.15, 0.2) is 48.5 Å². The van der Waals surface area contributed by atoms with E-state index in [1.807, 2.05) is 44.2 Å². The maximum Gasteiger partial charge on any atom is 0.265 e. The average molecular weight is 376 g/mol. The van der Waals surface area contributed by atoms with E-state index in [9.17, 15) is 9.59 Å². The van der Waals surface area contributed by atoms with Crippen LogP contribution in [0, 0.1) is 13.8 Å². The maximum atomic E-state index is 12.9. The van der Waals surface area contributed by atoms with Gasteiger partial charge in [-0.05, 0) is 51.1 Å². The molecule has 2 amide bonds. The molecule has 4 rings (SSSR count). The van der Waals surface area contributed by atoms with Crippen molar-refractivity contribution in [1.82, 2.24) is 9.78 Å². The number of para-hydroxylation sites is 1. The topological polar surface area (TPSA) is 85.3 Å². The van der Waals surface area contributed by atoms with Crippen molar-refractivity contribution in [3.63, 3.8) is 0 Å². The number of aryl methyl sites for hydroxylation is 1. The molecule has 28 heavy (non-hydrogen) atoms. The van der Waals surface area contributed by atoms with Crippen LogP contribution in [-0.4, -0.2) is 27.7 Å². The molecule has 0 bridgehead atoms. The first-order valence-corrected chi connectivity index (χ1v) is 8.98. The van der Waals surface area contributed by atoms with Crippen LogP contribution in [0.2, 0.25) is 0 Å². The lowest BCUT2D eigenvalue weighted by Crippen LogP contribution is -2.34. The molecule has 2 heterocycles. The first-order valence-electron chi connectivity index (χ1n) is 8.98. The van der Waals surface area contributed by atoms with E-state index < -0.39 is 6.10 Å². The van der Waals surface area contributed by atoms with Gasteiger partial charge in [-0.15, -0.1) is 0 Å². The first-order chi connectivity index (χ1) is 13.4. The van der Waals surface area contributed by atoms with Gasteiger partial charge in [-0.1, -0.05) is 18.2 Å². The molecule has 1 aliphatic heterocycles. The van der Waals surface area contributed by atoms with Crippen molar-refractivity contribution >= 4 is 23.2 Å². The smallest absolute Gasteiger partial charge is 0.265 e. The van der Waals surface area contributed by atoms with Crippen LogP contribution in [0.25, 0.3) is 5.69 Å². The van der Waals surface area contributed by atoms with Crippen molar-refractivity contribution in [1.29, 1.82) is 0 Å². The number of nitrogens with zero attached hydrogens (tertiary/aromatic N) is 2. The number of nitrogens with one attached hydrogen (secondary N) is 2. The van der Waals surface area contributed by atoms with Gasteiger partial charge >= 0.3 is 0 Å². The van der Waals surface area contributed by atoms with Gasteiger partial charge < -0.3 is 15.4 Å². The zero-order chi connectivity index (χ0) is 19.8. The minimum absolute atomic E-state index is 0.216. The molecule has 1 aromatic heterocycles. The number of fused-ring (bicyclic) bond motifs is 1. The monoisotopic (exact) mass is 376 g/mol. The fourth-order valence-electron chi connectivity index (χ4n) is 3.27. The molecule has 1 atom stereocenters. The molecular formula is C21H20N4O3. The van der Waals surface area contributed by atoms with Crippen LogP contribution in [-0.2, 0) is 4.79 Å². The van der Waals surface area contributed by atoms with Crippen molar-refractivity contribution in [2.45, 2.75) is 26.9 Å². The van der Waals surface area contributed by atoms with Crippen molar-refractivity contribution in [2.24, 2.45) is 0 Å². The maximum absolute atomic E-state index is 12.9. The highest BCUT2D eigenvalue weighted by Gasteiger charge is 2.24. The standard InChI is InChI=1S/C21H20N4O3/c1-12-19(13(2)25(24-12)16-7-5-4-6-8-16)21(27)22-15-9-10-18-17(11-15)23-20(26)14(3)28-18/h4-11,14H,1-3H3,(H,22,27)(H,23,26)/t14-/m0/s1. The Morgan fingerprint density at radius 3 is 2.68 bits per heavy atom. The van der Waals surface area contributed by atoms with Gasteiger partial charge in [0.25, 0.3) is 11.8 Å². The fourth-order valence-corrected chi connectivity index (χ4v) is 3.27. The van der Waals surface area contributed by atoms with E-state index in [4.69, 9.17) is 4.74 Å². The van der Waals surface area contributed by atoms with Crippen LogP contribution in [0.4, 0.5) is 11.4 Å². The largest absolute Gasteiger partial charge is 0.479 e. The van der Waals surface area contributed by atoms with Gasteiger partial charge in [0, 0.05) is 5.69 Å². The quantitative estimate of drug-likeness (QED) is 0.733. The van der Waals surface area contributed by atoms with Crippen LogP contribution in [0.5, 0.6) is 5.75 Å². The molecule has 0 saturated heterocycles. The highest BCUT2D eigenvalue weighted by atomic mass is 16.5. The molecule has 0 fully saturated rings. The molecular weight excluding hydrogens is 356 g/mol. The summed E-state index contributed by atoms with van der Waals surface area (Å²) in [5.74, 6) is 0.106. The lowest BCUT2D eigenvalue weighted by Gasteiger charge is -2.23. The van der Waals surface area contributed by atoms with Crippen LogP contribution >= 0.6 is 0 Å². The molecule has 7 heteroatoms. The summed E-state index contributed by atoms with van der Waals surface area (Å²) in [6, 6.07) is 14.8. The highest BCUT2D eigenvalue weighted by molar-refractivity contribution is 6.06. The summed E-state index contributed by atoms with van der Waals surface area (Å²) >= 11 is 0. The Labute approximate surface area is 162 Å². The number of hydrogen-bond donors (Lipinski definition) is 2. The van der Waals surface area contributed by atoms with Crippen molar-refractivity contribution in [2.75, 3.05) is 10.6 Å². The zero-order valence-corrected chi connectivity index (χ0v) is 15.8. The molecule has 3 aromatic rings. The third-order valence-electron chi connectivity index (χ3n) is 4.69.